The number of hydrogen-bond donors (Lipinski definition) is 4. The van der Waals surface area contributed by atoms with E-state index in [1.165, 1.54) is 11.6 Å². The number of nitrogens with zero attached hydrogens (tertiary/aromatic N) is 1. The first-order valence-corrected chi connectivity index (χ1v) is 10.7. The van der Waals surface area contributed by atoms with Crippen LogP contribution in [0.25, 0.3) is 0 Å². The lowest BCUT2D eigenvalue weighted by molar-refractivity contribution is -0.124. The van der Waals surface area contributed by atoms with Crippen LogP contribution in [0.3, 0.4) is 0 Å². The molecule has 0 aliphatic rings. The molecule has 9 heteroatoms. The Morgan fingerprint density at radius 2 is 1.88 bits per heavy atom. The summed E-state index contributed by atoms with van der Waals surface area (Å²) in [4.78, 5) is 24.0. The third-order valence-corrected chi connectivity index (χ3v) is 5.08. The summed E-state index contributed by atoms with van der Waals surface area (Å²) >= 11 is 0. The lowest BCUT2D eigenvalue weighted by Gasteiger charge is -2.35. The van der Waals surface area contributed by atoms with Crippen LogP contribution in [0.5, 0.6) is 5.75 Å². The Hall–Kier alpha value is -3.87. The summed E-state index contributed by atoms with van der Waals surface area (Å²) in [5, 5.41) is 29.4. The molecule has 9 nitrogen and oxygen atoms in total. The van der Waals surface area contributed by atoms with Gasteiger partial charge in [0.25, 0.3) is 5.91 Å². The number of aliphatic hydroxyl groups is 1. The van der Waals surface area contributed by atoms with Crippen molar-refractivity contribution in [2.75, 3.05) is 18.5 Å². The molecule has 4 N–H and O–H groups in total. The molecule has 1 atom stereocenters. The maximum Gasteiger partial charge on any atom is 0.412 e. The van der Waals surface area contributed by atoms with Crippen molar-refractivity contribution in [2.24, 2.45) is 5.41 Å². The second kappa shape index (κ2) is 13.0. The van der Waals surface area contributed by atoms with Crippen molar-refractivity contribution >= 4 is 17.7 Å². The second-order valence-corrected chi connectivity index (χ2v) is 8.12. The van der Waals surface area contributed by atoms with Crippen LogP contribution in [0.4, 0.5) is 10.5 Å². The molecule has 2 amide bonds. The van der Waals surface area contributed by atoms with Crippen molar-refractivity contribution in [3.05, 3.63) is 71.8 Å². The summed E-state index contributed by atoms with van der Waals surface area (Å²) in [6, 6.07) is 15.5. The fourth-order valence-electron chi connectivity index (χ4n) is 3.32. The highest BCUT2D eigenvalue weighted by molar-refractivity contribution is 5.86. The molecule has 0 fully saturated rings. The first kappa shape index (κ1) is 26.4. The number of carbonyl (C=O) groups excluding carboxylic acids is 2. The number of allylic oxidation sites excluding steroid dienone is 1. The van der Waals surface area contributed by atoms with E-state index >= 15 is 0 Å². The van der Waals surface area contributed by atoms with Crippen molar-refractivity contribution in [1.29, 1.82) is 5.26 Å². The van der Waals surface area contributed by atoms with Crippen molar-refractivity contribution < 1.29 is 29.4 Å². The van der Waals surface area contributed by atoms with Gasteiger partial charge in [-0.2, -0.15) is 5.26 Å². The van der Waals surface area contributed by atoms with Crippen molar-refractivity contribution in [1.82, 2.24) is 5.48 Å². The summed E-state index contributed by atoms with van der Waals surface area (Å²) in [7, 11) is 0. The largest absolute Gasteiger partial charge is 0.491 e. The van der Waals surface area contributed by atoms with Gasteiger partial charge in [-0.25, -0.2) is 10.3 Å². The summed E-state index contributed by atoms with van der Waals surface area (Å²) in [5.74, 6) is -0.147. The Morgan fingerprint density at radius 1 is 1.18 bits per heavy atom. The Bertz CT molecular complexity index is 1030. The van der Waals surface area contributed by atoms with E-state index in [-0.39, 0.29) is 13.2 Å². The van der Waals surface area contributed by atoms with Crippen LogP contribution in [0, 0.1) is 16.7 Å². The van der Waals surface area contributed by atoms with Gasteiger partial charge in [0.2, 0.25) is 0 Å². The highest BCUT2D eigenvalue weighted by Crippen LogP contribution is 2.44. The first-order chi connectivity index (χ1) is 16.3. The van der Waals surface area contributed by atoms with E-state index in [2.05, 4.69) is 5.32 Å². The SMILES string of the molecule is CC(C)(CC/C=C/C(=O)NO)[C@H](OC(=O)Nc1ccc(C#N)cc1)c1ccccc1OCCO. The quantitative estimate of drug-likeness (QED) is 0.222. The zero-order valence-corrected chi connectivity index (χ0v) is 19.2. The summed E-state index contributed by atoms with van der Waals surface area (Å²) in [6.45, 7) is 3.77. The molecule has 180 valence electrons. The van der Waals surface area contributed by atoms with Crippen LogP contribution in [0.15, 0.2) is 60.7 Å². The van der Waals surface area contributed by atoms with Gasteiger partial charge in [0.05, 0.1) is 18.2 Å². The number of hydrogen-bond acceptors (Lipinski definition) is 7. The molecule has 34 heavy (non-hydrogen) atoms. The Balaban J connectivity index is 2.27. The number of nitrogens with one attached hydrogen (secondary N) is 2. The lowest BCUT2D eigenvalue weighted by Crippen LogP contribution is -2.29. The van der Waals surface area contributed by atoms with Crippen LogP contribution in [-0.4, -0.2) is 35.5 Å². The van der Waals surface area contributed by atoms with E-state index in [1.807, 2.05) is 19.9 Å². The standard InChI is InChI=1S/C25H29N3O6/c1-25(2,14-6-5-9-22(30)28-32)23(20-7-3-4-8-21(20)33-16-15-29)34-24(31)27-19-12-10-18(17-26)11-13-19/h3-5,7-13,23,29,32H,6,14-16H2,1-2H3,(H,27,31)(H,28,30)/b9-5+/t23-/m1/s1. The lowest BCUT2D eigenvalue weighted by atomic mass is 9.78. The first-order valence-electron chi connectivity index (χ1n) is 10.7. The monoisotopic (exact) mass is 467 g/mol. The molecule has 0 aromatic heterocycles. The number of rotatable bonds is 11. The molecular weight excluding hydrogens is 438 g/mol. The van der Waals surface area contributed by atoms with Crippen LogP contribution in [-0.2, 0) is 9.53 Å². The Labute approximate surface area is 198 Å². The molecule has 0 aliphatic heterocycles. The number of benzene rings is 2. The van der Waals surface area contributed by atoms with E-state index in [0.29, 0.717) is 35.4 Å². The van der Waals surface area contributed by atoms with E-state index in [0.717, 1.165) is 0 Å². The molecule has 0 radical (unpaired) electrons. The van der Waals surface area contributed by atoms with E-state index in [1.54, 1.807) is 54.6 Å². The summed E-state index contributed by atoms with van der Waals surface area (Å²) < 4.78 is 11.6. The molecule has 2 rings (SSSR count). The van der Waals surface area contributed by atoms with Crippen LogP contribution in [0.1, 0.15) is 43.9 Å². The third-order valence-electron chi connectivity index (χ3n) is 5.08. The zero-order chi connectivity index (χ0) is 25.0. The van der Waals surface area contributed by atoms with Crippen LogP contribution < -0.4 is 15.5 Å². The highest BCUT2D eigenvalue weighted by atomic mass is 16.6. The van der Waals surface area contributed by atoms with Gasteiger partial charge >= 0.3 is 6.09 Å². The predicted octanol–water partition coefficient (Wildman–Crippen LogP) is 4.09. The number of hydroxylamine groups is 1. The van der Waals surface area contributed by atoms with Gasteiger partial charge < -0.3 is 14.6 Å². The van der Waals surface area contributed by atoms with Crippen molar-refractivity contribution in [3.63, 3.8) is 0 Å². The normalized spacial score (nSPS) is 12.0. The highest BCUT2D eigenvalue weighted by Gasteiger charge is 2.35. The van der Waals surface area contributed by atoms with Gasteiger partial charge in [-0.3, -0.25) is 15.3 Å². The molecule has 2 aromatic carbocycles. The molecule has 0 saturated carbocycles. The van der Waals surface area contributed by atoms with Crippen molar-refractivity contribution in [3.8, 4) is 11.8 Å². The number of nitriles is 1. The van der Waals surface area contributed by atoms with Crippen LogP contribution in [0.2, 0.25) is 0 Å². The average molecular weight is 468 g/mol. The number of ether oxygens (including phenoxy) is 2. The molecule has 0 aliphatic carbocycles. The minimum absolute atomic E-state index is 0.0839. The zero-order valence-electron chi connectivity index (χ0n) is 19.2. The topological polar surface area (TPSA) is 141 Å². The Kier molecular flexibility index (Phi) is 10.1. The van der Waals surface area contributed by atoms with Gasteiger partial charge in [-0.05, 0) is 43.2 Å². The van der Waals surface area contributed by atoms with Gasteiger partial charge in [0.15, 0.2) is 0 Å². The number of para-hydroxylation sites is 1. The summed E-state index contributed by atoms with van der Waals surface area (Å²) in [5.41, 5.74) is 2.52. The van der Waals surface area contributed by atoms with Gasteiger partial charge in [0, 0.05) is 22.7 Å². The van der Waals surface area contributed by atoms with Gasteiger partial charge in [-0.1, -0.05) is 38.1 Å². The van der Waals surface area contributed by atoms with E-state index < -0.39 is 23.5 Å². The van der Waals surface area contributed by atoms with E-state index in [9.17, 15) is 14.7 Å². The molecule has 0 spiro atoms. The minimum Gasteiger partial charge on any atom is -0.491 e. The second-order valence-electron chi connectivity index (χ2n) is 8.12. The van der Waals surface area contributed by atoms with Crippen LogP contribution >= 0.6 is 0 Å². The molecule has 0 bridgehead atoms. The predicted molar refractivity (Wildman–Crippen MR) is 125 cm³/mol. The number of aliphatic hydroxyl groups excluding tert-OH is 1. The number of anilines is 1. The average Bonchev–Trinajstić information content (AvgIpc) is 2.84. The molecule has 2 aromatic rings. The van der Waals surface area contributed by atoms with E-state index in [4.69, 9.17) is 19.9 Å². The van der Waals surface area contributed by atoms with Crippen molar-refractivity contribution in [2.45, 2.75) is 32.8 Å². The molecular formula is C25H29N3O6. The number of amides is 2. The fraction of sp³-hybridized carbons (Fsp3) is 0.320. The maximum atomic E-state index is 12.8. The molecule has 0 heterocycles. The number of carbonyl (C=O) groups is 2. The third kappa shape index (κ3) is 7.92. The Morgan fingerprint density at radius 3 is 2.53 bits per heavy atom. The fourth-order valence-corrected chi connectivity index (χ4v) is 3.32. The maximum absolute atomic E-state index is 12.8. The van der Waals surface area contributed by atoms with Gasteiger partial charge in [-0.15, -0.1) is 0 Å². The summed E-state index contributed by atoms with van der Waals surface area (Å²) in [6.07, 6.45) is 2.44. The molecule has 0 saturated heterocycles. The smallest absolute Gasteiger partial charge is 0.412 e. The molecule has 0 unspecified atom stereocenters. The minimum atomic E-state index is -0.735. The van der Waals surface area contributed by atoms with Gasteiger partial charge in [0.1, 0.15) is 18.5 Å².